The smallest absolute Gasteiger partial charge is 0.188 e. The topological polar surface area (TPSA) is 35.5 Å². The number of ether oxygens (including phenoxy) is 2. The second kappa shape index (κ2) is 2.11. The van der Waals surface area contributed by atoms with Crippen LogP contribution in [0.2, 0.25) is 0 Å². The van der Waals surface area contributed by atoms with Crippen LogP contribution in [-0.2, 0) is 14.3 Å². The highest BCUT2D eigenvalue weighted by molar-refractivity contribution is 9.10. The van der Waals surface area contributed by atoms with Crippen molar-refractivity contribution in [3.8, 4) is 0 Å². The van der Waals surface area contributed by atoms with Gasteiger partial charge in [0.2, 0.25) is 0 Å². The summed E-state index contributed by atoms with van der Waals surface area (Å²) in [5.74, 6) is 2.50. The highest BCUT2D eigenvalue weighted by atomic mass is 79.9. The van der Waals surface area contributed by atoms with Crippen LogP contribution < -0.4 is 0 Å². The first-order valence-electron chi connectivity index (χ1n) is 6.30. The van der Waals surface area contributed by atoms with E-state index in [9.17, 15) is 4.79 Å². The first-order valence-corrected chi connectivity index (χ1v) is 7.89. The van der Waals surface area contributed by atoms with Gasteiger partial charge >= 0.3 is 0 Å². The van der Waals surface area contributed by atoms with Crippen molar-refractivity contribution >= 4 is 37.6 Å². The third-order valence-corrected chi connectivity index (χ3v) is 9.69. The molecule has 1 aliphatic heterocycles. The lowest BCUT2D eigenvalue weighted by molar-refractivity contribution is -0.199. The summed E-state index contributed by atoms with van der Waals surface area (Å²) in [7, 11) is 0. The lowest BCUT2D eigenvalue weighted by Crippen LogP contribution is -2.75. The Bertz CT molecular complexity index is 516. The standard InChI is InChI=1S/C12H10Br2O3/c13-10-6-4-3(9(10)15)5-7(10)8(6)11(4,14)12(5)16-1-2-17-12/h3-8H,1-2H2/t3-,4+,5+,6-,7-,8+,10+,11+/m1/s1. The first-order chi connectivity index (χ1) is 8.10. The number of rotatable bonds is 0. The number of halogens is 2. The molecule has 17 heavy (non-hydrogen) atoms. The second-order valence-corrected chi connectivity index (χ2v) is 9.04. The molecule has 90 valence electrons. The molecular formula is C12H10Br2O3. The largest absolute Gasteiger partial charge is 0.346 e. The molecule has 7 fully saturated rings. The van der Waals surface area contributed by atoms with Crippen LogP contribution in [0.4, 0.5) is 0 Å². The van der Waals surface area contributed by atoms with Crippen LogP contribution in [0.15, 0.2) is 0 Å². The second-order valence-electron chi connectivity index (χ2n) is 6.42. The van der Waals surface area contributed by atoms with Crippen molar-refractivity contribution in [2.45, 2.75) is 14.4 Å². The fraction of sp³-hybridized carbons (Fsp3) is 0.917. The van der Waals surface area contributed by atoms with Gasteiger partial charge in [-0.1, -0.05) is 31.9 Å². The van der Waals surface area contributed by atoms with Crippen LogP contribution in [0.5, 0.6) is 0 Å². The van der Waals surface area contributed by atoms with Gasteiger partial charge in [0.15, 0.2) is 11.6 Å². The summed E-state index contributed by atoms with van der Waals surface area (Å²) in [6, 6.07) is 0. The molecule has 0 N–H and O–H groups in total. The van der Waals surface area contributed by atoms with Gasteiger partial charge in [0.05, 0.1) is 21.9 Å². The minimum atomic E-state index is -0.476. The molecular weight excluding hydrogens is 352 g/mol. The Labute approximate surface area is 115 Å². The van der Waals surface area contributed by atoms with Crippen LogP contribution >= 0.6 is 31.9 Å². The molecule has 4 bridgehead atoms. The molecule has 7 rings (SSSR count). The van der Waals surface area contributed by atoms with Gasteiger partial charge in [-0.15, -0.1) is 0 Å². The Hall–Kier alpha value is 0.550. The molecule has 6 aliphatic carbocycles. The SMILES string of the molecule is O=C1[C@H]2[C@H]3[C@@H]4[C@@H]5[C@@H]([C@H]2[C@@]5(Br)C32OCCO2)[C@@]14Br. The third-order valence-electron chi connectivity index (χ3n) is 6.63. The van der Waals surface area contributed by atoms with Gasteiger partial charge in [-0.3, -0.25) is 4.79 Å². The van der Waals surface area contributed by atoms with Gasteiger partial charge in [-0.05, 0) is 23.7 Å². The summed E-state index contributed by atoms with van der Waals surface area (Å²) < 4.78 is 11.8. The van der Waals surface area contributed by atoms with Crippen LogP contribution in [0.1, 0.15) is 0 Å². The van der Waals surface area contributed by atoms with Crippen LogP contribution in [0, 0.1) is 35.5 Å². The van der Waals surface area contributed by atoms with E-state index in [0.717, 1.165) is 0 Å². The Kier molecular flexibility index (Phi) is 1.17. The third kappa shape index (κ3) is 0.514. The molecule has 1 heterocycles. The van der Waals surface area contributed by atoms with Crippen molar-refractivity contribution in [3.05, 3.63) is 0 Å². The average Bonchev–Trinajstić information content (AvgIpc) is 2.96. The number of hydrogen-bond acceptors (Lipinski definition) is 3. The fourth-order valence-corrected chi connectivity index (χ4v) is 9.62. The van der Waals surface area contributed by atoms with Crippen molar-refractivity contribution in [1.29, 1.82) is 0 Å². The van der Waals surface area contributed by atoms with Crippen molar-refractivity contribution in [2.75, 3.05) is 13.2 Å². The minimum absolute atomic E-state index is 0.0510. The van der Waals surface area contributed by atoms with Crippen molar-refractivity contribution in [1.82, 2.24) is 0 Å². The van der Waals surface area contributed by atoms with E-state index in [-0.39, 0.29) is 14.6 Å². The van der Waals surface area contributed by atoms with E-state index in [1.165, 1.54) is 0 Å². The van der Waals surface area contributed by atoms with E-state index in [0.29, 0.717) is 48.6 Å². The lowest BCUT2D eigenvalue weighted by Gasteiger charge is -2.69. The molecule has 0 radical (unpaired) electrons. The molecule has 3 nitrogen and oxygen atoms in total. The molecule has 0 aromatic rings. The summed E-state index contributed by atoms with van der Waals surface area (Å²) in [6.45, 7) is 1.35. The predicted molar refractivity (Wildman–Crippen MR) is 63.9 cm³/mol. The molecule has 0 unspecified atom stereocenters. The Morgan fingerprint density at radius 3 is 2.24 bits per heavy atom. The summed E-state index contributed by atoms with van der Waals surface area (Å²) in [5, 5.41) is 0. The zero-order valence-electron chi connectivity index (χ0n) is 8.86. The number of ketones is 1. The van der Waals surface area contributed by atoms with E-state index in [1.807, 2.05) is 0 Å². The van der Waals surface area contributed by atoms with Gasteiger partial charge in [-0.2, -0.15) is 0 Å². The summed E-state index contributed by atoms with van der Waals surface area (Å²) in [6.07, 6.45) is 0. The van der Waals surface area contributed by atoms with Crippen molar-refractivity contribution in [2.24, 2.45) is 35.5 Å². The van der Waals surface area contributed by atoms with Crippen LogP contribution in [0.3, 0.4) is 0 Å². The van der Waals surface area contributed by atoms with Crippen molar-refractivity contribution < 1.29 is 14.3 Å². The average molecular weight is 362 g/mol. The number of hydrogen-bond donors (Lipinski definition) is 0. The minimum Gasteiger partial charge on any atom is -0.346 e. The van der Waals surface area contributed by atoms with Gasteiger partial charge in [0.25, 0.3) is 0 Å². The highest BCUT2D eigenvalue weighted by Crippen LogP contribution is 2.96. The molecule has 6 saturated carbocycles. The molecule has 0 amide bonds. The highest BCUT2D eigenvalue weighted by Gasteiger charge is 3.04. The van der Waals surface area contributed by atoms with Crippen LogP contribution in [0.25, 0.3) is 0 Å². The van der Waals surface area contributed by atoms with Gasteiger partial charge < -0.3 is 9.47 Å². The zero-order chi connectivity index (χ0) is 11.4. The molecule has 0 aromatic carbocycles. The molecule has 8 atom stereocenters. The maximum Gasteiger partial charge on any atom is 0.188 e. The van der Waals surface area contributed by atoms with E-state index in [2.05, 4.69) is 31.9 Å². The molecule has 5 heteroatoms. The first kappa shape index (κ1) is 9.45. The monoisotopic (exact) mass is 360 g/mol. The van der Waals surface area contributed by atoms with E-state index < -0.39 is 5.79 Å². The summed E-state index contributed by atoms with van der Waals surface area (Å²) in [4.78, 5) is 12.5. The summed E-state index contributed by atoms with van der Waals surface area (Å²) >= 11 is 7.73. The Morgan fingerprint density at radius 2 is 1.65 bits per heavy atom. The molecule has 1 saturated heterocycles. The van der Waals surface area contributed by atoms with E-state index in [4.69, 9.17) is 9.47 Å². The van der Waals surface area contributed by atoms with Gasteiger partial charge in [0, 0.05) is 11.8 Å². The van der Waals surface area contributed by atoms with Crippen LogP contribution in [-0.4, -0.2) is 33.4 Å². The van der Waals surface area contributed by atoms with Gasteiger partial charge in [0.1, 0.15) is 0 Å². The molecule has 0 aromatic heterocycles. The normalized spacial score (nSPS) is 74.6. The number of carbonyl (C=O) groups is 1. The summed E-state index contributed by atoms with van der Waals surface area (Å²) in [5.41, 5.74) is 0. The fourth-order valence-electron chi connectivity index (χ4n) is 6.58. The van der Waals surface area contributed by atoms with E-state index >= 15 is 0 Å². The predicted octanol–water partition coefficient (Wildman–Crippen LogP) is 1.33. The number of carbonyl (C=O) groups excluding carboxylic acids is 1. The van der Waals surface area contributed by atoms with Crippen molar-refractivity contribution in [3.63, 3.8) is 0 Å². The maximum atomic E-state index is 12.5. The number of Topliss-reactive ketones (excluding diaryl/α,β-unsaturated/α-hetero) is 1. The quantitative estimate of drug-likeness (QED) is 0.611. The number of alkyl halides is 2. The maximum absolute atomic E-state index is 12.5. The Balaban J connectivity index is 1.69. The zero-order valence-corrected chi connectivity index (χ0v) is 12.0. The molecule has 1 spiro atoms. The van der Waals surface area contributed by atoms with E-state index in [1.54, 1.807) is 0 Å². The lowest BCUT2D eigenvalue weighted by atomic mass is 9.40. The Morgan fingerprint density at radius 1 is 1.00 bits per heavy atom. The molecule has 7 aliphatic rings. The van der Waals surface area contributed by atoms with Gasteiger partial charge in [-0.25, -0.2) is 0 Å².